The number of carbonyl (C=O) groups is 3. The Labute approximate surface area is 151 Å². The Morgan fingerprint density at radius 3 is 2.50 bits per heavy atom. The highest BCUT2D eigenvalue weighted by Crippen LogP contribution is 2.49. The summed E-state index contributed by atoms with van der Waals surface area (Å²) in [5.74, 6) is -0.886. The zero-order valence-electron chi connectivity index (χ0n) is 14.8. The molecule has 2 amide bonds. The van der Waals surface area contributed by atoms with Crippen LogP contribution in [0, 0.1) is 0 Å². The average Bonchev–Trinajstić information content (AvgIpc) is 3.42. The van der Waals surface area contributed by atoms with Gasteiger partial charge in [-0.15, -0.1) is 0 Å². The van der Waals surface area contributed by atoms with Gasteiger partial charge in [0.05, 0.1) is 29.3 Å². The first-order valence-corrected chi connectivity index (χ1v) is 8.68. The highest BCUT2D eigenvalue weighted by atomic mass is 16.5. The second kappa shape index (κ2) is 7.19. The van der Waals surface area contributed by atoms with Gasteiger partial charge >= 0.3 is 18.0 Å². The number of esters is 2. The first kappa shape index (κ1) is 18.0. The molecule has 0 aromatic heterocycles. The summed E-state index contributed by atoms with van der Waals surface area (Å²) in [5.41, 5.74) is 0.835. The first-order chi connectivity index (χ1) is 12.5. The molecule has 1 saturated carbocycles. The fourth-order valence-corrected chi connectivity index (χ4v) is 3.16. The van der Waals surface area contributed by atoms with Crippen molar-refractivity contribution in [2.45, 2.75) is 38.1 Å². The molecule has 1 fully saturated rings. The molecule has 3 rings (SSSR count). The van der Waals surface area contributed by atoms with Crippen molar-refractivity contribution in [1.82, 2.24) is 10.6 Å². The van der Waals surface area contributed by atoms with E-state index in [2.05, 4.69) is 10.6 Å². The molecule has 1 aromatic rings. The standard InChI is InChI=1S/C19H22N2O5/c1-3-25-16(22)15-12(2)20-18(24)21-14(15)11-26-17(23)19(9-10-19)13-7-5-4-6-8-13/h4-8,12H,3,9-11H2,1-2H3,(H2,20,21,24). The zero-order chi connectivity index (χ0) is 18.7. The molecule has 138 valence electrons. The van der Waals surface area contributed by atoms with E-state index >= 15 is 0 Å². The number of benzene rings is 1. The molecule has 1 atom stereocenters. The lowest BCUT2D eigenvalue weighted by Crippen LogP contribution is -2.50. The van der Waals surface area contributed by atoms with E-state index < -0.39 is 23.5 Å². The summed E-state index contributed by atoms with van der Waals surface area (Å²) in [6.45, 7) is 3.42. The van der Waals surface area contributed by atoms with Crippen molar-refractivity contribution in [1.29, 1.82) is 0 Å². The van der Waals surface area contributed by atoms with E-state index in [1.165, 1.54) is 0 Å². The van der Waals surface area contributed by atoms with Crippen LogP contribution >= 0.6 is 0 Å². The molecule has 2 aliphatic rings. The average molecular weight is 358 g/mol. The SMILES string of the molecule is CCOC(=O)C1=C(COC(=O)C2(c3ccccc3)CC2)NC(=O)NC1C. The summed E-state index contributed by atoms with van der Waals surface area (Å²) in [6, 6.07) is 8.52. The Bertz CT molecular complexity index is 752. The number of rotatable bonds is 6. The number of carbonyl (C=O) groups excluding carboxylic acids is 3. The van der Waals surface area contributed by atoms with Crippen molar-refractivity contribution in [3.8, 4) is 0 Å². The molecule has 0 spiro atoms. The molecule has 0 saturated heterocycles. The molecule has 7 nitrogen and oxygen atoms in total. The van der Waals surface area contributed by atoms with Crippen LogP contribution in [0.3, 0.4) is 0 Å². The van der Waals surface area contributed by atoms with Gasteiger partial charge in [0.15, 0.2) is 0 Å². The van der Waals surface area contributed by atoms with Crippen LogP contribution in [0.2, 0.25) is 0 Å². The summed E-state index contributed by atoms with van der Waals surface area (Å²) in [6.07, 6.45) is 1.45. The third-order valence-corrected chi connectivity index (χ3v) is 4.68. The van der Waals surface area contributed by atoms with E-state index in [0.29, 0.717) is 0 Å². The topological polar surface area (TPSA) is 93.7 Å². The van der Waals surface area contributed by atoms with E-state index in [4.69, 9.17) is 9.47 Å². The van der Waals surface area contributed by atoms with Crippen LogP contribution in [-0.2, 0) is 24.5 Å². The van der Waals surface area contributed by atoms with Gasteiger partial charge in [0, 0.05) is 0 Å². The lowest BCUT2D eigenvalue weighted by Gasteiger charge is -2.26. The molecule has 1 unspecified atom stereocenters. The van der Waals surface area contributed by atoms with Gasteiger partial charge in [0.25, 0.3) is 0 Å². The quantitative estimate of drug-likeness (QED) is 0.756. The highest BCUT2D eigenvalue weighted by molar-refractivity contribution is 5.95. The summed E-state index contributed by atoms with van der Waals surface area (Å²) in [4.78, 5) is 36.6. The van der Waals surface area contributed by atoms with Crippen LogP contribution in [0.25, 0.3) is 0 Å². The van der Waals surface area contributed by atoms with Crippen molar-refractivity contribution in [2.24, 2.45) is 0 Å². The largest absolute Gasteiger partial charge is 0.463 e. The minimum absolute atomic E-state index is 0.181. The molecule has 2 N–H and O–H groups in total. The Balaban J connectivity index is 1.76. The maximum atomic E-state index is 12.6. The van der Waals surface area contributed by atoms with Crippen molar-refractivity contribution >= 4 is 18.0 Å². The molecule has 1 aliphatic carbocycles. The molecule has 1 heterocycles. The Kier molecular flexibility index (Phi) is 4.97. The normalized spacial score (nSPS) is 20.7. The second-order valence-electron chi connectivity index (χ2n) is 6.46. The van der Waals surface area contributed by atoms with Crippen LogP contribution in [0.1, 0.15) is 32.3 Å². The van der Waals surface area contributed by atoms with E-state index in [1.807, 2.05) is 30.3 Å². The summed E-state index contributed by atoms with van der Waals surface area (Å²) in [5, 5.41) is 5.16. The highest BCUT2D eigenvalue weighted by Gasteiger charge is 2.52. The molecule has 26 heavy (non-hydrogen) atoms. The van der Waals surface area contributed by atoms with Gasteiger partial charge in [-0.2, -0.15) is 0 Å². The van der Waals surface area contributed by atoms with Gasteiger partial charge in [0.1, 0.15) is 6.61 Å². The van der Waals surface area contributed by atoms with Crippen LogP contribution in [0.15, 0.2) is 41.6 Å². The minimum Gasteiger partial charge on any atom is -0.463 e. The van der Waals surface area contributed by atoms with Crippen LogP contribution in [0.5, 0.6) is 0 Å². The van der Waals surface area contributed by atoms with E-state index in [1.54, 1.807) is 13.8 Å². The van der Waals surface area contributed by atoms with Gasteiger partial charge in [-0.1, -0.05) is 30.3 Å². The van der Waals surface area contributed by atoms with E-state index in [9.17, 15) is 14.4 Å². The van der Waals surface area contributed by atoms with Gasteiger partial charge in [0.2, 0.25) is 0 Å². The van der Waals surface area contributed by atoms with Crippen molar-refractivity contribution < 1.29 is 23.9 Å². The fourth-order valence-electron chi connectivity index (χ4n) is 3.16. The molecule has 1 aliphatic heterocycles. The number of hydrogen-bond donors (Lipinski definition) is 2. The Morgan fingerprint density at radius 1 is 1.19 bits per heavy atom. The van der Waals surface area contributed by atoms with Gasteiger partial charge in [-0.25, -0.2) is 9.59 Å². The van der Waals surface area contributed by atoms with E-state index in [-0.39, 0.29) is 30.5 Å². The van der Waals surface area contributed by atoms with Crippen LogP contribution in [0.4, 0.5) is 4.79 Å². The Hall–Kier alpha value is -2.83. The predicted octanol–water partition coefficient (Wildman–Crippen LogP) is 1.78. The number of urea groups is 1. The summed E-state index contributed by atoms with van der Waals surface area (Å²) >= 11 is 0. The number of nitrogens with one attached hydrogen (secondary N) is 2. The predicted molar refractivity (Wildman–Crippen MR) is 93.1 cm³/mol. The monoisotopic (exact) mass is 358 g/mol. The van der Waals surface area contributed by atoms with E-state index in [0.717, 1.165) is 18.4 Å². The molecule has 0 radical (unpaired) electrons. The number of amides is 2. The zero-order valence-corrected chi connectivity index (χ0v) is 14.8. The third-order valence-electron chi connectivity index (χ3n) is 4.68. The number of hydrogen-bond acceptors (Lipinski definition) is 5. The van der Waals surface area contributed by atoms with Crippen LogP contribution in [-0.4, -0.2) is 37.2 Å². The summed E-state index contributed by atoms with van der Waals surface area (Å²) < 4.78 is 10.5. The lowest BCUT2D eigenvalue weighted by atomic mass is 9.96. The maximum Gasteiger partial charge on any atom is 0.338 e. The lowest BCUT2D eigenvalue weighted by molar-refractivity contribution is -0.146. The van der Waals surface area contributed by atoms with Crippen molar-refractivity contribution in [2.75, 3.05) is 13.2 Å². The van der Waals surface area contributed by atoms with Gasteiger partial charge in [-0.05, 0) is 32.3 Å². The number of ether oxygens (including phenoxy) is 2. The van der Waals surface area contributed by atoms with Gasteiger partial charge in [-0.3, -0.25) is 4.79 Å². The van der Waals surface area contributed by atoms with Crippen molar-refractivity contribution in [3.63, 3.8) is 0 Å². The molecular formula is C19H22N2O5. The Morgan fingerprint density at radius 2 is 1.88 bits per heavy atom. The second-order valence-corrected chi connectivity index (χ2v) is 6.46. The van der Waals surface area contributed by atoms with Gasteiger partial charge < -0.3 is 20.1 Å². The third kappa shape index (κ3) is 3.42. The smallest absolute Gasteiger partial charge is 0.338 e. The summed E-state index contributed by atoms with van der Waals surface area (Å²) in [7, 11) is 0. The maximum absolute atomic E-state index is 12.6. The molecule has 0 bridgehead atoms. The molecular weight excluding hydrogens is 336 g/mol. The van der Waals surface area contributed by atoms with Crippen molar-refractivity contribution in [3.05, 3.63) is 47.2 Å². The molecule has 1 aromatic carbocycles. The first-order valence-electron chi connectivity index (χ1n) is 8.68. The minimum atomic E-state index is -0.617. The molecule has 7 heteroatoms. The van der Waals surface area contributed by atoms with Crippen LogP contribution < -0.4 is 10.6 Å². The fraction of sp³-hybridized carbons (Fsp3) is 0.421.